The Kier molecular flexibility index (Phi) is 9.89. The molecule has 9 nitrogen and oxygen atoms in total. The minimum atomic E-state index is -4.09. The number of alkyl carbamates (subject to hydrolysis) is 1. The molecule has 40 heavy (non-hydrogen) atoms. The van der Waals surface area contributed by atoms with Crippen LogP contribution in [0.2, 0.25) is 5.02 Å². The Hall–Kier alpha value is -3.11. The van der Waals surface area contributed by atoms with Gasteiger partial charge in [0.2, 0.25) is 0 Å². The molecule has 1 aliphatic heterocycles. The summed E-state index contributed by atoms with van der Waals surface area (Å²) in [4.78, 5) is 42.8. The van der Waals surface area contributed by atoms with Crippen molar-refractivity contribution in [3.05, 3.63) is 52.5 Å². The Balaban J connectivity index is 2.18. The summed E-state index contributed by atoms with van der Waals surface area (Å²) >= 11 is 6.05. The number of fused-ring (bicyclic) bond motifs is 1. The monoisotopic (exact) mass is 591 g/mol. The number of nitrogens with one attached hydrogen (secondary N) is 1. The van der Waals surface area contributed by atoms with E-state index in [1.54, 1.807) is 64.0 Å². The van der Waals surface area contributed by atoms with Crippen molar-refractivity contribution in [2.45, 2.75) is 76.5 Å². The van der Waals surface area contributed by atoms with Crippen LogP contribution in [0.5, 0.6) is 0 Å². The second-order valence-electron chi connectivity index (χ2n) is 11.1. The molecule has 1 N–H and O–H groups in total. The van der Waals surface area contributed by atoms with E-state index in [9.17, 15) is 22.8 Å². The molecule has 3 rings (SSSR count). The average molecular weight is 592 g/mol. The Labute approximate surface area is 241 Å². The lowest BCUT2D eigenvalue weighted by Crippen LogP contribution is -2.51. The van der Waals surface area contributed by atoms with Crippen LogP contribution in [-0.4, -0.2) is 57.7 Å². The van der Waals surface area contributed by atoms with Crippen LogP contribution in [0.25, 0.3) is 0 Å². The van der Waals surface area contributed by atoms with Crippen molar-refractivity contribution >= 4 is 50.6 Å². The van der Waals surface area contributed by atoms with Crippen LogP contribution in [0.3, 0.4) is 0 Å². The summed E-state index contributed by atoms with van der Waals surface area (Å²) in [7, 11) is -0.626. The molecule has 0 unspecified atom stereocenters. The third kappa shape index (κ3) is 7.75. The number of amides is 2. The number of carbonyl (C=O) groups is 3. The predicted octanol–water partition coefficient (Wildman–Crippen LogP) is 5.38. The van der Waals surface area contributed by atoms with Crippen molar-refractivity contribution < 1.29 is 27.5 Å². The van der Waals surface area contributed by atoms with Gasteiger partial charge in [0.1, 0.15) is 11.6 Å². The predicted molar refractivity (Wildman–Crippen MR) is 157 cm³/mol. The maximum Gasteiger partial charge on any atom is 0.408 e. The molecule has 0 radical (unpaired) electrons. The molecule has 0 aliphatic carbocycles. The third-order valence-corrected chi connectivity index (χ3v) is 8.41. The molecule has 0 aromatic heterocycles. The SMILES string of the molecule is CCCCCC(=O)c1cc2c(cc1N(C)C)S(=O)(=O)C[C@H](NC(=O)OC(C)(C)C)C(=O)N2Cc1ccc(Cl)cc1. The fraction of sp³-hybridized carbons (Fsp3) is 0.483. The van der Waals surface area contributed by atoms with Gasteiger partial charge >= 0.3 is 6.09 Å². The van der Waals surface area contributed by atoms with Crippen molar-refractivity contribution in [1.82, 2.24) is 5.32 Å². The highest BCUT2D eigenvalue weighted by Crippen LogP contribution is 2.38. The van der Waals surface area contributed by atoms with E-state index in [0.29, 0.717) is 34.7 Å². The minimum Gasteiger partial charge on any atom is -0.444 e. The molecule has 2 aromatic carbocycles. The van der Waals surface area contributed by atoms with Crippen LogP contribution < -0.4 is 15.1 Å². The van der Waals surface area contributed by atoms with E-state index in [1.165, 1.54) is 17.0 Å². The Morgan fingerprint density at radius 3 is 2.35 bits per heavy atom. The molecule has 2 aromatic rings. The second kappa shape index (κ2) is 12.6. The number of sulfone groups is 1. The molecular formula is C29H38ClN3O6S. The first-order chi connectivity index (χ1) is 18.6. The zero-order valence-electron chi connectivity index (χ0n) is 23.9. The topological polar surface area (TPSA) is 113 Å². The van der Waals surface area contributed by atoms with Gasteiger partial charge in [-0.1, -0.05) is 43.5 Å². The van der Waals surface area contributed by atoms with Gasteiger partial charge in [0, 0.05) is 36.8 Å². The largest absolute Gasteiger partial charge is 0.444 e. The molecule has 1 heterocycles. The van der Waals surface area contributed by atoms with E-state index in [2.05, 4.69) is 5.32 Å². The molecule has 1 atom stereocenters. The summed E-state index contributed by atoms with van der Waals surface area (Å²) < 4.78 is 32.8. The molecule has 0 spiro atoms. The number of Topliss-reactive ketones (excluding diaryl/α,β-unsaturated/α-hetero) is 1. The highest BCUT2D eigenvalue weighted by Gasteiger charge is 2.40. The van der Waals surface area contributed by atoms with Crippen LogP contribution in [0.15, 0.2) is 41.3 Å². The Morgan fingerprint density at radius 1 is 1.12 bits per heavy atom. The molecular weight excluding hydrogens is 554 g/mol. The van der Waals surface area contributed by atoms with Crippen LogP contribution >= 0.6 is 11.6 Å². The zero-order chi connectivity index (χ0) is 29.8. The van der Waals surface area contributed by atoms with Crippen molar-refractivity contribution in [2.75, 3.05) is 29.6 Å². The number of halogens is 1. The molecule has 11 heteroatoms. The summed E-state index contributed by atoms with van der Waals surface area (Å²) in [6.45, 7) is 7.05. The molecule has 218 valence electrons. The smallest absolute Gasteiger partial charge is 0.408 e. The van der Waals surface area contributed by atoms with E-state index in [1.807, 2.05) is 6.92 Å². The first kappa shape index (κ1) is 31.4. The first-order valence-electron chi connectivity index (χ1n) is 13.3. The van der Waals surface area contributed by atoms with Crippen LogP contribution in [0, 0.1) is 0 Å². The van der Waals surface area contributed by atoms with Crippen molar-refractivity contribution in [1.29, 1.82) is 0 Å². The lowest BCUT2D eigenvalue weighted by molar-refractivity contribution is -0.120. The number of ketones is 1. The molecule has 0 bridgehead atoms. The Bertz CT molecular complexity index is 1370. The molecule has 0 saturated carbocycles. The zero-order valence-corrected chi connectivity index (χ0v) is 25.5. The van der Waals surface area contributed by atoms with Crippen molar-refractivity contribution in [3.63, 3.8) is 0 Å². The summed E-state index contributed by atoms with van der Waals surface area (Å²) in [5.41, 5.74) is 0.712. The van der Waals surface area contributed by atoms with Gasteiger partial charge in [0.15, 0.2) is 15.6 Å². The van der Waals surface area contributed by atoms with Crippen LogP contribution in [0.1, 0.15) is 69.3 Å². The quantitative estimate of drug-likeness (QED) is 0.307. The molecule has 1 aliphatic rings. The Morgan fingerprint density at radius 2 is 1.77 bits per heavy atom. The molecule has 0 fully saturated rings. The number of benzene rings is 2. The number of anilines is 2. The van der Waals surface area contributed by atoms with Gasteiger partial charge in [-0.3, -0.25) is 9.59 Å². The van der Waals surface area contributed by atoms with Gasteiger partial charge < -0.3 is 19.9 Å². The van der Waals surface area contributed by atoms with Gasteiger partial charge in [-0.2, -0.15) is 0 Å². The number of carbonyl (C=O) groups excluding carboxylic acids is 3. The number of ether oxygens (including phenoxy) is 1. The highest BCUT2D eigenvalue weighted by molar-refractivity contribution is 7.91. The number of unbranched alkanes of at least 4 members (excludes halogenated alkanes) is 2. The third-order valence-electron chi connectivity index (χ3n) is 6.39. The summed E-state index contributed by atoms with van der Waals surface area (Å²) in [5.74, 6) is -1.43. The van der Waals surface area contributed by atoms with E-state index in [4.69, 9.17) is 16.3 Å². The first-order valence-corrected chi connectivity index (χ1v) is 15.3. The molecule has 2 amide bonds. The van der Waals surface area contributed by atoms with Gasteiger partial charge in [-0.25, -0.2) is 13.2 Å². The van der Waals surface area contributed by atoms with Crippen molar-refractivity contribution in [3.8, 4) is 0 Å². The number of hydrogen-bond donors (Lipinski definition) is 1. The lowest BCUT2D eigenvalue weighted by Gasteiger charge is -2.28. The number of nitrogens with zero attached hydrogens (tertiary/aromatic N) is 2. The summed E-state index contributed by atoms with van der Waals surface area (Å²) in [5, 5.41) is 2.97. The van der Waals surface area contributed by atoms with Crippen LogP contribution in [-0.2, 0) is 25.9 Å². The fourth-order valence-electron chi connectivity index (χ4n) is 4.46. The van der Waals surface area contributed by atoms with E-state index in [-0.39, 0.29) is 22.9 Å². The highest BCUT2D eigenvalue weighted by atomic mass is 35.5. The fourth-order valence-corrected chi connectivity index (χ4v) is 6.21. The maximum absolute atomic E-state index is 13.9. The number of hydrogen-bond acceptors (Lipinski definition) is 7. The second-order valence-corrected chi connectivity index (χ2v) is 13.6. The van der Waals surface area contributed by atoms with Gasteiger partial charge in [-0.05, 0) is 57.0 Å². The van der Waals surface area contributed by atoms with Gasteiger partial charge in [-0.15, -0.1) is 0 Å². The van der Waals surface area contributed by atoms with Crippen molar-refractivity contribution in [2.24, 2.45) is 0 Å². The van der Waals surface area contributed by atoms with Gasteiger partial charge in [0.25, 0.3) is 5.91 Å². The average Bonchev–Trinajstić information content (AvgIpc) is 2.92. The summed E-state index contributed by atoms with van der Waals surface area (Å²) in [6.07, 6.45) is 1.94. The van der Waals surface area contributed by atoms with E-state index >= 15 is 0 Å². The van der Waals surface area contributed by atoms with Gasteiger partial charge in [0.05, 0.1) is 22.9 Å². The standard InChI is InChI=1S/C29H38ClN3O6S/c1-7-8-9-10-25(34)21-15-24-26(16-23(21)32(5)6)40(37,38)18-22(31-28(36)39-29(2,3)4)27(35)33(24)17-19-11-13-20(30)14-12-19/h11-16,22H,7-10,17-18H2,1-6H3,(H,31,36)/t22-/m0/s1. The minimum absolute atomic E-state index is 0.00417. The summed E-state index contributed by atoms with van der Waals surface area (Å²) in [6, 6.07) is 8.35. The van der Waals surface area contributed by atoms with E-state index in [0.717, 1.165) is 12.8 Å². The van der Waals surface area contributed by atoms with E-state index < -0.39 is 39.2 Å². The lowest BCUT2D eigenvalue weighted by atomic mass is 10.0. The normalized spacial score (nSPS) is 16.6. The number of rotatable bonds is 9. The maximum atomic E-state index is 13.9. The molecule has 0 saturated heterocycles. The van der Waals surface area contributed by atoms with Crippen LogP contribution in [0.4, 0.5) is 16.2 Å².